The molecule has 0 unspecified atom stereocenters. The van der Waals surface area contributed by atoms with Crippen LogP contribution in [0.3, 0.4) is 0 Å². The maximum absolute atomic E-state index is 11.7. The molecule has 0 aromatic heterocycles. The first-order valence-electron chi connectivity index (χ1n) is 5.10. The summed E-state index contributed by atoms with van der Waals surface area (Å²) >= 11 is 0. The Morgan fingerprint density at radius 2 is 2.13 bits per heavy atom. The minimum absolute atomic E-state index is 0.313. The highest BCUT2D eigenvalue weighted by molar-refractivity contribution is 5.77. The Morgan fingerprint density at radius 1 is 1.53 bits per heavy atom. The van der Waals surface area contributed by atoms with Crippen LogP contribution in [-0.2, 0) is 14.3 Å². The Bertz CT molecular complexity index is 242. The van der Waals surface area contributed by atoms with Crippen molar-refractivity contribution in [3.05, 3.63) is 0 Å². The molecule has 15 heavy (non-hydrogen) atoms. The molecule has 5 heteroatoms. The molecule has 88 valence electrons. The predicted molar refractivity (Wildman–Crippen MR) is 56.2 cm³/mol. The molecular weight excluding hydrogens is 196 g/mol. The molecule has 1 aliphatic heterocycles. The Balaban J connectivity index is 2.60. The molecule has 0 saturated carbocycles. The number of rotatable bonds is 2. The summed E-state index contributed by atoms with van der Waals surface area (Å²) in [6.45, 7) is 6.25. The van der Waals surface area contributed by atoms with E-state index in [0.29, 0.717) is 19.6 Å². The molecule has 0 radical (unpaired) electrons. The molecule has 1 fully saturated rings. The highest BCUT2D eigenvalue weighted by atomic mass is 16.6. The van der Waals surface area contributed by atoms with Crippen molar-refractivity contribution in [1.29, 1.82) is 0 Å². The summed E-state index contributed by atoms with van der Waals surface area (Å²) in [6, 6.07) is -0.820. The van der Waals surface area contributed by atoms with Gasteiger partial charge in [0.15, 0.2) is 0 Å². The fourth-order valence-electron chi connectivity index (χ4n) is 1.44. The van der Waals surface area contributed by atoms with Crippen molar-refractivity contribution in [2.24, 2.45) is 11.5 Å². The van der Waals surface area contributed by atoms with E-state index < -0.39 is 23.2 Å². The first-order valence-corrected chi connectivity index (χ1v) is 5.10. The predicted octanol–water partition coefficient (Wildman–Crippen LogP) is -0.227. The van der Waals surface area contributed by atoms with Crippen LogP contribution in [0, 0.1) is 0 Å². The molecule has 1 saturated heterocycles. The molecule has 1 aliphatic rings. The van der Waals surface area contributed by atoms with E-state index in [9.17, 15) is 4.79 Å². The van der Waals surface area contributed by atoms with Crippen LogP contribution in [0.15, 0.2) is 0 Å². The third kappa shape index (κ3) is 3.15. The van der Waals surface area contributed by atoms with E-state index in [1.54, 1.807) is 20.8 Å². The van der Waals surface area contributed by atoms with Crippen LogP contribution in [0.25, 0.3) is 0 Å². The number of hydrogen-bond acceptors (Lipinski definition) is 5. The fourth-order valence-corrected chi connectivity index (χ4v) is 1.44. The summed E-state index contributed by atoms with van der Waals surface area (Å²) in [5.74, 6) is -0.462. The van der Waals surface area contributed by atoms with Crippen LogP contribution in [0.1, 0.15) is 27.2 Å². The van der Waals surface area contributed by atoms with E-state index in [-0.39, 0.29) is 0 Å². The van der Waals surface area contributed by atoms with Gasteiger partial charge in [-0.15, -0.1) is 0 Å². The normalized spacial score (nSPS) is 28.9. The quantitative estimate of drug-likeness (QED) is 0.623. The molecule has 0 bridgehead atoms. The van der Waals surface area contributed by atoms with E-state index in [1.165, 1.54) is 0 Å². The minimum Gasteiger partial charge on any atom is -0.459 e. The zero-order chi connectivity index (χ0) is 11.7. The van der Waals surface area contributed by atoms with Gasteiger partial charge in [0.2, 0.25) is 0 Å². The molecule has 0 amide bonds. The smallest absolute Gasteiger partial charge is 0.325 e. The number of nitrogens with two attached hydrogens (primary N) is 2. The molecule has 4 N–H and O–H groups in total. The summed E-state index contributed by atoms with van der Waals surface area (Å²) in [4.78, 5) is 11.7. The van der Waals surface area contributed by atoms with E-state index in [0.717, 1.165) is 0 Å². The molecule has 1 rings (SSSR count). The average Bonchev–Trinajstić information content (AvgIpc) is 2.49. The largest absolute Gasteiger partial charge is 0.459 e. The monoisotopic (exact) mass is 216 g/mol. The van der Waals surface area contributed by atoms with Crippen molar-refractivity contribution in [2.75, 3.05) is 13.2 Å². The first kappa shape index (κ1) is 12.4. The van der Waals surface area contributed by atoms with Gasteiger partial charge in [-0.25, -0.2) is 0 Å². The summed E-state index contributed by atoms with van der Waals surface area (Å²) in [5.41, 5.74) is 10.4. The maximum atomic E-state index is 11.7. The maximum Gasteiger partial charge on any atom is 0.325 e. The number of carbonyl (C=O) groups is 1. The zero-order valence-corrected chi connectivity index (χ0v) is 9.58. The van der Waals surface area contributed by atoms with E-state index in [1.807, 2.05) is 0 Å². The summed E-state index contributed by atoms with van der Waals surface area (Å²) in [5, 5.41) is 0. The van der Waals surface area contributed by atoms with Gasteiger partial charge in [0.1, 0.15) is 11.6 Å². The molecule has 1 heterocycles. The lowest BCUT2D eigenvalue weighted by atomic mass is 9.91. The molecule has 2 atom stereocenters. The van der Waals surface area contributed by atoms with Crippen molar-refractivity contribution < 1.29 is 14.3 Å². The standard InChI is InChI=1S/C10H20N2O3/c1-9(2,3)15-8(13)7(11)10(12)4-5-14-6-10/h7H,4-6,11-12H2,1-3H3/t7-,10+/m0/s1. The van der Waals surface area contributed by atoms with E-state index in [4.69, 9.17) is 20.9 Å². The number of carbonyl (C=O) groups excluding carboxylic acids is 1. The fraction of sp³-hybridized carbons (Fsp3) is 0.900. The van der Waals surface area contributed by atoms with Crippen LogP contribution < -0.4 is 11.5 Å². The minimum atomic E-state index is -0.820. The Kier molecular flexibility index (Phi) is 3.38. The number of hydrogen-bond donors (Lipinski definition) is 2. The summed E-state index contributed by atoms with van der Waals surface area (Å²) in [6.07, 6.45) is 0.591. The van der Waals surface area contributed by atoms with Gasteiger partial charge in [-0.3, -0.25) is 4.79 Å². The number of ether oxygens (including phenoxy) is 2. The molecule has 0 spiro atoms. The third-order valence-corrected chi connectivity index (χ3v) is 2.36. The highest BCUT2D eigenvalue weighted by Crippen LogP contribution is 2.20. The van der Waals surface area contributed by atoms with Crippen LogP contribution in [-0.4, -0.2) is 36.4 Å². The summed E-state index contributed by atoms with van der Waals surface area (Å²) in [7, 11) is 0. The van der Waals surface area contributed by atoms with Gasteiger partial charge in [0.05, 0.1) is 12.1 Å². The lowest BCUT2D eigenvalue weighted by Crippen LogP contribution is -2.60. The van der Waals surface area contributed by atoms with Crippen molar-refractivity contribution >= 4 is 5.97 Å². The Hall–Kier alpha value is -0.650. The Morgan fingerprint density at radius 3 is 2.53 bits per heavy atom. The van der Waals surface area contributed by atoms with Gasteiger partial charge < -0.3 is 20.9 Å². The summed E-state index contributed by atoms with van der Waals surface area (Å²) < 4.78 is 10.3. The van der Waals surface area contributed by atoms with Crippen LogP contribution >= 0.6 is 0 Å². The number of esters is 1. The highest BCUT2D eigenvalue weighted by Gasteiger charge is 2.42. The van der Waals surface area contributed by atoms with Gasteiger partial charge in [0, 0.05) is 6.61 Å². The van der Waals surface area contributed by atoms with Crippen LogP contribution in [0.4, 0.5) is 0 Å². The van der Waals surface area contributed by atoms with Crippen molar-refractivity contribution in [3.8, 4) is 0 Å². The van der Waals surface area contributed by atoms with E-state index >= 15 is 0 Å². The molecule has 0 aliphatic carbocycles. The second-order valence-electron chi connectivity index (χ2n) is 5.05. The zero-order valence-electron chi connectivity index (χ0n) is 9.58. The van der Waals surface area contributed by atoms with Crippen molar-refractivity contribution in [2.45, 2.75) is 44.4 Å². The van der Waals surface area contributed by atoms with Gasteiger partial charge in [0.25, 0.3) is 0 Å². The lowest BCUT2D eigenvalue weighted by molar-refractivity contribution is -0.158. The molecular formula is C10H20N2O3. The first-order chi connectivity index (χ1) is 6.75. The molecule has 0 aromatic rings. The second kappa shape index (κ2) is 4.08. The van der Waals surface area contributed by atoms with Gasteiger partial charge >= 0.3 is 5.97 Å². The van der Waals surface area contributed by atoms with Crippen molar-refractivity contribution in [1.82, 2.24) is 0 Å². The van der Waals surface area contributed by atoms with Gasteiger partial charge in [-0.1, -0.05) is 0 Å². The van der Waals surface area contributed by atoms with Gasteiger partial charge in [-0.2, -0.15) is 0 Å². The second-order valence-corrected chi connectivity index (χ2v) is 5.05. The van der Waals surface area contributed by atoms with Crippen LogP contribution in [0.5, 0.6) is 0 Å². The van der Waals surface area contributed by atoms with E-state index in [2.05, 4.69) is 0 Å². The van der Waals surface area contributed by atoms with Crippen molar-refractivity contribution in [3.63, 3.8) is 0 Å². The lowest BCUT2D eigenvalue weighted by Gasteiger charge is -2.30. The SMILES string of the molecule is CC(C)(C)OC(=O)[C@H](N)[C@@]1(N)CCOC1. The van der Waals surface area contributed by atoms with Gasteiger partial charge in [-0.05, 0) is 27.2 Å². The topological polar surface area (TPSA) is 87.6 Å². The molecule has 5 nitrogen and oxygen atoms in total. The van der Waals surface area contributed by atoms with Crippen LogP contribution in [0.2, 0.25) is 0 Å². The molecule has 0 aromatic carbocycles. The average molecular weight is 216 g/mol. The Labute approximate surface area is 90.1 Å². The third-order valence-electron chi connectivity index (χ3n) is 2.36.